The summed E-state index contributed by atoms with van der Waals surface area (Å²) in [7, 11) is 0. The molecule has 7 heteroatoms. The van der Waals surface area contributed by atoms with Gasteiger partial charge in [0.05, 0.1) is 11.1 Å². The number of pyridine rings is 1. The Kier molecular flexibility index (Phi) is 4.38. The van der Waals surface area contributed by atoms with Gasteiger partial charge >= 0.3 is 0 Å². The Bertz CT molecular complexity index is 810. The van der Waals surface area contributed by atoms with E-state index in [0.29, 0.717) is 43.6 Å². The van der Waals surface area contributed by atoms with Gasteiger partial charge in [0.15, 0.2) is 0 Å². The third-order valence-corrected chi connectivity index (χ3v) is 3.94. The predicted molar refractivity (Wildman–Crippen MR) is 83.4 cm³/mol. The van der Waals surface area contributed by atoms with Crippen molar-refractivity contribution < 1.29 is 13.6 Å². The molecule has 3 rings (SSSR count). The molecule has 0 aliphatic carbocycles. The number of carbonyl (C=O) groups is 1. The van der Waals surface area contributed by atoms with Gasteiger partial charge in [-0.05, 0) is 24.3 Å². The van der Waals surface area contributed by atoms with Crippen molar-refractivity contribution in [3.05, 3.63) is 59.3 Å². The smallest absolute Gasteiger partial charge is 0.256 e. The molecule has 0 N–H and O–H groups in total. The summed E-state index contributed by atoms with van der Waals surface area (Å²) in [4.78, 5) is 20.0. The maximum absolute atomic E-state index is 13.8. The van der Waals surface area contributed by atoms with E-state index in [0.717, 1.165) is 12.1 Å². The molecule has 24 heavy (non-hydrogen) atoms. The van der Waals surface area contributed by atoms with Crippen LogP contribution >= 0.6 is 0 Å². The van der Waals surface area contributed by atoms with Crippen LogP contribution in [-0.4, -0.2) is 42.0 Å². The van der Waals surface area contributed by atoms with Crippen molar-refractivity contribution in [3.63, 3.8) is 0 Å². The molecule has 1 aromatic heterocycles. The second-order valence-corrected chi connectivity index (χ2v) is 5.39. The average Bonchev–Trinajstić information content (AvgIpc) is 2.61. The monoisotopic (exact) mass is 328 g/mol. The summed E-state index contributed by atoms with van der Waals surface area (Å²) in [6, 6.07) is 8.41. The molecule has 0 unspecified atom stereocenters. The number of carbonyl (C=O) groups excluding carboxylic acids is 1. The number of piperazine rings is 1. The van der Waals surface area contributed by atoms with Crippen molar-refractivity contribution in [2.24, 2.45) is 0 Å². The van der Waals surface area contributed by atoms with Gasteiger partial charge in [-0.2, -0.15) is 5.26 Å². The zero-order valence-electron chi connectivity index (χ0n) is 12.7. The fraction of sp³-hybridized carbons (Fsp3) is 0.235. The van der Waals surface area contributed by atoms with E-state index in [4.69, 9.17) is 5.26 Å². The summed E-state index contributed by atoms with van der Waals surface area (Å²) in [6.07, 6.45) is 1.61. The van der Waals surface area contributed by atoms with Gasteiger partial charge in [0.2, 0.25) is 0 Å². The molecule has 0 bridgehead atoms. The number of aromatic nitrogens is 1. The minimum Gasteiger partial charge on any atom is -0.352 e. The van der Waals surface area contributed by atoms with Crippen molar-refractivity contribution >= 4 is 11.7 Å². The van der Waals surface area contributed by atoms with E-state index in [1.807, 2.05) is 4.90 Å². The fourth-order valence-corrected chi connectivity index (χ4v) is 2.69. The summed E-state index contributed by atoms with van der Waals surface area (Å²) in [5.74, 6) is -1.46. The molecular weight excluding hydrogens is 314 g/mol. The van der Waals surface area contributed by atoms with Crippen LogP contribution < -0.4 is 4.90 Å². The first-order valence-electron chi connectivity index (χ1n) is 7.44. The predicted octanol–water partition coefficient (Wildman–Crippen LogP) is 2.19. The first kappa shape index (κ1) is 15.9. The molecular formula is C17H14F2N4O. The van der Waals surface area contributed by atoms with Crippen LogP contribution in [0.15, 0.2) is 36.5 Å². The van der Waals surface area contributed by atoms with E-state index in [9.17, 15) is 13.6 Å². The molecule has 0 radical (unpaired) electrons. The Morgan fingerprint density at radius 1 is 1.17 bits per heavy atom. The van der Waals surface area contributed by atoms with Crippen LogP contribution in [0.3, 0.4) is 0 Å². The van der Waals surface area contributed by atoms with Gasteiger partial charge in [-0.25, -0.2) is 13.8 Å². The molecule has 1 saturated heterocycles. The first-order chi connectivity index (χ1) is 11.6. The van der Waals surface area contributed by atoms with E-state index in [1.54, 1.807) is 18.3 Å². The Labute approximate surface area is 137 Å². The molecule has 1 aliphatic rings. The van der Waals surface area contributed by atoms with E-state index < -0.39 is 17.5 Å². The van der Waals surface area contributed by atoms with Crippen LogP contribution in [-0.2, 0) is 0 Å². The zero-order chi connectivity index (χ0) is 17.1. The van der Waals surface area contributed by atoms with Gasteiger partial charge in [0, 0.05) is 38.4 Å². The van der Waals surface area contributed by atoms with Crippen LogP contribution in [0.2, 0.25) is 0 Å². The summed E-state index contributed by atoms with van der Waals surface area (Å²) in [5.41, 5.74) is 0.335. The number of rotatable bonds is 2. The van der Waals surface area contributed by atoms with Crippen molar-refractivity contribution in [2.75, 3.05) is 31.1 Å². The Morgan fingerprint density at radius 2 is 1.92 bits per heavy atom. The molecule has 5 nitrogen and oxygen atoms in total. The normalized spacial score (nSPS) is 14.4. The lowest BCUT2D eigenvalue weighted by molar-refractivity contribution is 0.0741. The van der Waals surface area contributed by atoms with Crippen LogP contribution in [0.5, 0.6) is 0 Å². The average molecular weight is 328 g/mol. The summed E-state index contributed by atoms with van der Waals surface area (Å²) < 4.78 is 26.7. The van der Waals surface area contributed by atoms with Crippen LogP contribution in [0.1, 0.15) is 15.9 Å². The molecule has 1 amide bonds. The highest BCUT2D eigenvalue weighted by atomic mass is 19.1. The third kappa shape index (κ3) is 3.04. The largest absolute Gasteiger partial charge is 0.352 e. The molecule has 2 aromatic rings. The first-order valence-corrected chi connectivity index (χ1v) is 7.44. The lowest BCUT2D eigenvalue weighted by atomic mass is 10.1. The lowest BCUT2D eigenvalue weighted by Crippen LogP contribution is -2.49. The van der Waals surface area contributed by atoms with Gasteiger partial charge in [-0.3, -0.25) is 4.79 Å². The third-order valence-electron chi connectivity index (χ3n) is 3.94. The molecule has 2 heterocycles. The van der Waals surface area contributed by atoms with E-state index in [2.05, 4.69) is 11.1 Å². The molecule has 0 spiro atoms. The maximum atomic E-state index is 13.8. The Hall–Kier alpha value is -3.01. The SMILES string of the molecule is N#Cc1cccnc1N1CCN(C(=O)c2ccc(F)cc2F)CC1. The van der Waals surface area contributed by atoms with Crippen LogP contribution in [0.4, 0.5) is 14.6 Å². The number of nitriles is 1. The molecule has 0 saturated carbocycles. The number of halogens is 2. The molecule has 122 valence electrons. The van der Waals surface area contributed by atoms with E-state index >= 15 is 0 Å². The van der Waals surface area contributed by atoms with Crippen LogP contribution in [0.25, 0.3) is 0 Å². The minimum atomic E-state index is -0.862. The van der Waals surface area contributed by atoms with E-state index in [1.165, 1.54) is 4.90 Å². The van der Waals surface area contributed by atoms with Gasteiger partial charge in [-0.1, -0.05) is 0 Å². The maximum Gasteiger partial charge on any atom is 0.256 e. The van der Waals surface area contributed by atoms with Gasteiger partial charge in [0.1, 0.15) is 23.5 Å². The number of amides is 1. The topological polar surface area (TPSA) is 60.2 Å². The van der Waals surface area contributed by atoms with Gasteiger partial charge in [0.25, 0.3) is 5.91 Å². The molecule has 1 aliphatic heterocycles. The summed E-state index contributed by atoms with van der Waals surface area (Å²) in [6.45, 7) is 1.72. The Morgan fingerprint density at radius 3 is 2.58 bits per heavy atom. The van der Waals surface area contributed by atoms with Crippen molar-refractivity contribution in [1.82, 2.24) is 9.88 Å². The zero-order valence-corrected chi connectivity index (χ0v) is 12.7. The number of hydrogen-bond acceptors (Lipinski definition) is 4. The van der Waals surface area contributed by atoms with Crippen molar-refractivity contribution in [2.45, 2.75) is 0 Å². The number of nitrogens with zero attached hydrogens (tertiary/aromatic N) is 4. The minimum absolute atomic E-state index is 0.139. The molecule has 1 aromatic carbocycles. The second kappa shape index (κ2) is 6.62. The number of hydrogen-bond donors (Lipinski definition) is 0. The number of anilines is 1. The Balaban J connectivity index is 1.71. The van der Waals surface area contributed by atoms with Crippen molar-refractivity contribution in [1.29, 1.82) is 5.26 Å². The van der Waals surface area contributed by atoms with Gasteiger partial charge < -0.3 is 9.80 Å². The van der Waals surface area contributed by atoms with Gasteiger partial charge in [-0.15, -0.1) is 0 Å². The number of benzene rings is 1. The van der Waals surface area contributed by atoms with E-state index in [-0.39, 0.29) is 5.56 Å². The lowest BCUT2D eigenvalue weighted by Gasteiger charge is -2.35. The second-order valence-electron chi connectivity index (χ2n) is 5.39. The van der Waals surface area contributed by atoms with Crippen molar-refractivity contribution in [3.8, 4) is 6.07 Å². The highest BCUT2D eigenvalue weighted by Crippen LogP contribution is 2.19. The molecule has 1 fully saturated rings. The molecule has 0 atom stereocenters. The quantitative estimate of drug-likeness (QED) is 0.848. The highest BCUT2D eigenvalue weighted by molar-refractivity contribution is 5.94. The highest BCUT2D eigenvalue weighted by Gasteiger charge is 2.25. The standard InChI is InChI=1S/C17H14F2N4O/c18-13-3-4-14(15(19)10-13)17(24)23-8-6-22(7-9-23)16-12(11-20)2-1-5-21-16/h1-5,10H,6-9H2. The summed E-state index contributed by atoms with van der Waals surface area (Å²) >= 11 is 0. The fourth-order valence-electron chi connectivity index (χ4n) is 2.69. The summed E-state index contributed by atoms with van der Waals surface area (Å²) in [5, 5.41) is 9.14. The van der Waals surface area contributed by atoms with Crippen LogP contribution in [0, 0.1) is 23.0 Å².